The van der Waals surface area contributed by atoms with Crippen LogP contribution in [0.15, 0.2) is 18.2 Å². The summed E-state index contributed by atoms with van der Waals surface area (Å²) in [6.45, 7) is 4.60. The van der Waals surface area contributed by atoms with Crippen molar-refractivity contribution < 1.29 is 23.7 Å². The first-order valence-electron chi connectivity index (χ1n) is 8.69. The second-order valence-corrected chi connectivity index (χ2v) is 5.94. The fourth-order valence-electron chi connectivity index (χ4n) is 2.90. The van der Waals surface area contributed by atoms with E-state index in [2.05, 4.69) is 0 Å². The highest BCUT2D eigenvalue weighted by atomic mass is 16.6. The average molecular weight is 335 g/mol. The number of hydrogen-bond acceptors (Lipinski definition) is 5. The van der Waals surface area contributed by atoms with Gasteiger partial charge in [-0.25, -0.2) is 0 Å². The van der Waals surface area contributed by atoms with Crippen molar-refractivity contribution in [3.63, 3.8) is 0 Å². The molecule has 24 heavy (non-hydrogen) atoms. The Morgan fingerprint density at radius 1 is 0.792 bits per heavy atom. The molecule has 3 rings (SSSR count). The highest BCUT2D eigenvalue weighted by Crippen LogP contribution is 2.29. The fraction of sp³-hybridized carbons (Fsp3) is 0.611. The van der Waals surface area contributed by atoms with Gasteiger partial charge in [0.05, 0.1) is 26.4 Å². The highest BCUT2D eigenvalue weighted by molar-refractivity contribution is 5.95. The molecule has 0 unspecified atom stereocenters. The summed E-state index contributed by atoms with van der Waals surface area (Å²) in [7, 11) is 0. The number of amides is 1. The van der Waals surface area contributed by atoms with Crippen molar-refractivity contribution in [1.29, 1.82) is 0 Å². The van der Waals surface area contributed by atoms with Crippen LogP contribution in [0.4, 0.5) is 0 Å². The SMILES string of the molecule is O=C(c1ccc2c(c1)OCCOCCOCCO2)N1CCCCC1. The summed E-state index contributed by atoms with van der Waals surface area (Å²) in [5, 5.41) is 0. The van der Waals surface area contributed by atoms with Crippen molar-refractivity contribution in [1.82, 2.24) is 4.90 Å². The van der Waals surface area contributed by atoms with Crippen LogP contribution in [0.2, 0.25) is 0 Å². The normalized spacial score (nSPS) is 19.9. The molecule has 1 aromatic rings. The first-order valence-corrected chi connectivity index (χ1v) is 8.69. The molecule has 2 heterocycles. The average Bonchev–Trinajstić information content (AvgIpc) is 2.62. The minimum atomic E-state index is 0.0619. The van der Waals surface area contributed by atoms with Gasteiger partial charge in [-0.3, -0.25) is 4.79 Å². The van der Waals surface area contributed by atoms with Gasteiger partial charge >= 0.3 is 0 Å². The minimum Gasteiger partial charge on any atom is -0.487 e. The Kier molecular flexibility index (Phi) is 6.32. The Balaban J connectivity index is 1.73. The van der Waals surface area contributed by atoms with Gasteiger partial charge in [0, 0.05) is 18.7 Å². The number of piperidine rings is 1. The number of benzene rings is 1. The summed E-state index contributed by atoms with van der Waals surface area (Å²) in [6.07, 6.45) is 3.36. The Labute approximate surface area is 142 Å². The number of fused-ring (bicyclic) bond motifs is 1. The van der Waals surface area contributed by atoms with Gasteiger partial charge < -0.3 is 23.8 Å². The van der Waals surface area contributed by atoms with Gasteiger partial charge in [-0.15, -0.1) is 0 Å². The van der Waals surface area contributed by atoms with E-state index in [1.165, 1.54) is 6.42 Å². The number of likely N-dealkylation sites (tertiary alicyclic amines) is 1. The number of ether oxygens (including phenoxy) is 4. The largest absolute Gasteiger partial charge is 0.487 e. The molecule has 2 aliphatic heterocycles. The second-order valence-electron chi connectivity index (χ2n) is 5.94. The zero-order valence-electron chi connectivity index (χ0n) is 14.0. The molecule has 132 valence electrons. The third kappa shape index (κ3) is 4.61. The van der Waals surface area contributed by atoms with E-state index in [4.69, 9.17) is 18.9 Å². The maximum atomic E-state index is 12.6. The van der Waals surface area contributed by atoms with Crippen LogP contribution >= 0.6 is 0 Å². The summed E-state index contributed by atoms with van der Waals surface area (Å²) < 4.78 is 22.3. The zero-order chi connectivity index (χ0) is 16.6. The highest BCUT2D eigenvalue weighted by Gasteiger charge is 2.20. The standard InChI is InChI=1S/C18H25NO5/c20-18(19-6-2-1-3-7-19)15-4-5-16-17(14-15)24-13-11-22-9-8-21-10-12-23-16/h4-5,14H,1-3,6-13H2. The van der Waals surface area contributed by atoms with Crippen LogP contribution in [-0.4, -0.2) is 63.5 Å². The molecular weight excluding hydrogens is 310 g/mol. The summed E-state index contributed by atoms with van der Waals surface area (Å²) in [6, 6.07) is 5.39. The lowest BCUT2D eigenvalue weighted by atomic mass is 10.1. The lowest BCUT2D eigenvalue weighted by molar-refractivity contribution is 0.0223. The molecular formula is C18H25NO5. The van der Waals surface area contributed by atoms with E-state index in [9.17, 15) is 4.79 Å². The van der Waals surface area contributed by atoms with Crippen molar-refractivity contribution in [2.45, 2.75) is 19.3 Å². The molecule has 0 spiro atoms. The Bertz CT molecular complexity index is 542. The van der Waals surface area contributed by atoms with E-state index < -0.39 is 0 Å². The maximum absolute atomic E-state index is 12.6. The van der Waals surface area contributed by atoms with Crippen LogP contribution in [0.25, 0.3) is 0 Å². The van der Waals surface area contributed by atoms with Crippen LogP contribution in [0, 0.1) is 0 Å². The quantitative estimate of drug-likeness (QED) is 0.787. The van der Waals surface area contributed by atoms with Gasteiger partial charge in [0.25, 0.3) is 5.91 Å². The number of nitrogens with zero attached hydrogens (tertiary/aromatic N) is 1. The van der Waals surface area contributed by atoms with Gasteiger partial charge in [0.1, 0.15) is 13.2 Å². The molecule has 0 atom stereocenters. The molecule has 0 aromatic heterocycles. The monoisotopic (exact) mass is 335 g/mol. The molecule has 0 radical (unpaired) electrons. The maximum Gasteiger partial charge on any atom is 0.253 e. The van der Waals surface area contributed by atoms with Gasteiger partial charge in [-0.2, -0.15) is 0 Å². The first kappa shape index (κ1) is 17.0. The number of carbonyl (C=O) groups excluding carboxylic acids is 1. The Morgan fingerprint density at radius 3 is 2.12 bits per heavy atom. The van der Waals surface area contributed by atoms with Crippen molar-refractivity contribution in [3.8, 4) is 11.5 Å². The van der Waals surface area contributed by atoms with Crippen molar-refractivity contribution in [2.75, 3.05) is 52.7 Å². The van der Waals surface area contributed by atoms with Gasteiger partial charge in [-0.1, -0.05) is 0 Å². The summed E-state index contributed by atoms with van der Waals surface area (Å²) in [5.41, 5.74) is 0.642. The molecule has 1 aromatic carbocycles. The van der Waals surface area contributed by atoms with Gasteiger partial charge in [0.2, 0.25) is 0 Å². The van der Waals surface area contributed by atoms with Gasteiger partial charge in [0.15, 0.2) is 11.5 Å². The molecule has 2 aliphatic rings. The van der Waals surface area contributed by atoms with Crippen LogP contribution in [0.5, 0.6) is 11.5 Å². The third-order valence-electron chi connectivity index (χ3n) is 4.18. The predicted octanol–water partition coefficient (Wildman–Crippen LogP) is 2.12. The molecule has 0 bridgehead atoms. The van der Waals surface area contributed by atoms with E-state index in [-0.39, 0.29) is 5.91 Å². The van der Waals surface area contributed by atoms with E-state index in [0.717, 1.165) is 25.9 Å². The third-order valence-corrected chi connectivity index (χ3v) is 4.18. The molecule has 0 aliphatic carbocycles. The smallest absolute Gasteiger partial charge is 0.253 e. The fourth-order valence-corrected chi connectivity index (χ4v) is 2.90. The first-order chi connectivity index (χ1) is 11.8. The van der Waals surface area contributed by atoms with Crippen LogP contribution in [0.3, 0.4) is 0 Å². The number of rotatable bonds is 1. The predicted molar refractivity (Wildman–Crippen MR) is 88.8 cm³/mol. The number of carbonyl (C=O) groups is 1. The van der Waals surface area contributed by atoms with Crippen molar-refractivity contribution in [3.05, 3.63) is 23.8 Å². The molecule has 6 heteroatoms. The van der Waals surface area contributed by atoms with E-state index >= 15 is 0 Å². The molecule has 1 fully saturated rings. The van der Waals surface area contributed by atoms with Gasteiger partial charge in [-0.05, 0) is 37.5 Å². The summed E-state index contributed by atoms with van der Waals surface area (Å²) in [4.78, 5) is 14.6. The van der Waals surface area contributed by atoms with E-state index in [0.29, 0.717) is 56.7 Å². The van der Waals surface area contributed by atoms with Crippen LogP contribution in [0.1, 0.15) is 29.6 Å². The summed E-state index contributed by atoms with van der Waals surface area (Å²) in [5.74, 6) is 1.28. The summed E-state index contributed by atoms with van der Waals surface area (Å²) >= 11 is 0. The second kappa shape index (κ2) is 8.89. The topological polar surface area (TPSA) is 57.2 Å². The lowest BCUT2D eigenvalue weighted by Gasteiger charge is -2.27. The van der Waals surface area contributed by atoms with Crippen molar-refractivity contribution >= 4 is 5.91 Å². The minimum absolute atomic E-state index is 0.0619. The van der Waals surface area contributed by atoms with Crippen molar-refractivity contribution in [2.24, 2.45) is 0 Å². The molecule has 6 nitrogen and oxygen atoms in total. The van der Waals surface area contributed by atoms with Crippen LogP contribution in [-0.2, 0) is 9.47 Å². The lowest BCUT2D eigenvalue weighted by Crippen LogP contribution is -2.35. The van der Waals surface area contributed by atoms with E-state index in [1.54, 1.807) is 12.1 Å². The molecule has 1 amide bonds. The Hall–Kier alpha value is -1.79. The zero-order valence-corrected chi connectivity index (χ0v) is 14.0. The molecule has 0 saturated carbocycles. The Morgan fingerprint density at radius 2 is 1.42 bits per heavy atom. The molecule has 1 saturated heterocycles. The van der Waals surface area contributed by atoms with Crippen LogP contribution < -0.4 is 9.47 Å². The molecule has 0 N–H and O–H groups in total. The number of hydrogen-bond donors (Lipinski definition) is 0. The van der Waals surface area contributed by atoms with E-state index in [1.807, 2.05) is 11.0 Å².